The van der Waals surface area contributed by atoms with E-state index >= 15 is 0 Å². The molecule has 0 radical (unpaired) electrons. The fourth-order valence-corrected chi connectivity index (χ4v) is 4.67. The summed E-state index contributed by atoms with van der Waals surface area (Å²) >= 11 is 6.08. The van der Waals surface area contributed by atoms with E-state index in [-0.39, 0.29) is 16.7 Å². The lowest BCUT2D eigenvalue weighted by atomic mass is 10.2. The van der Waals surface area contributed by atoms with Gasteiger partial charge in [0.2, 0.25) is 0 Å². The van der Waals surface area contributed by atoms with Gasteiger partial charge in [-0.15, -0.1) is 0 Å². The monoisotopic (exact) mass is 515 g/mol. The van der Waals surface area contributed by atoms with Crippen LogP contribution in [0.2, 0.25) is 5.02 Å². The van der Waals surface area contributed by atoms with Crippen LogP contribution in [0.3, 0.4) is 0 Å². The molecule has 0 saturated heterocycles. The number of rotatable bonds is 10. The molecule has 0 aromatic heterocycles. The Hall–Kier alpha value is -3.56. The Morgan fingerprint density at radius 3 is 2.31 bits per heavy atom. The Kier molecular flexibility index (Phi) is 8.73. The minimum Gasteiger partial charge on any atom is -0.497 e. The Balaban J connectivity index is 1.77. The lowest BCUT2D eigenvalue weighted by molar-refractivity contribution is -0.119. The molecule has 0 atom stereocenters. The number of hydrogen-bond acceptors (Lipinski definition) is 6. The van der Waals surface area contributed by atoms with E-state index in [1.165, 1.54) is 43.7 Å². The van der Waals surface area contributed by atoms with Crippen molar-refractivity contribution in [3.63, 3.8) is 0 Å². The highest BCUT2D eigenvalue weighted by atomic mass is 35.5. The first kappa shape index (κ1) is 26.1. The molecule has 0 aliphatic heterocycles. The minimum absolute atomic E-state index is 0.00159. The zero-order valence-electron chi connectivity index (χ0n) is 19.5. The van der Waals surface area contributed by atoms with Gasteiger partial charge in [0, 0.05) is 5.02 Å². The van der Waals surface area contributed by atoms with Crippen molar-refractivity contribution in [2.45, 2.75) is 24.8 Å². The third-order valence-corrected chi connectivity index (χ3v) is 6.71. The van der Waals surface area contributed by atoms with Gasteiger partial charge in [0.1, 0.15) is 18.0 Å². The van der Waals surface area contributed by atoms with E-state index in [1.54, 1.807) is 42.5 Å². The molecule has 0 saturated carbocycles. The summed E-state index contributed by atoms with van der Waals surface area (Å²) < 4.78 is 38.5. The van der Waals surface area contributed by atoms with Crippen LogP contribution in [0.15, 0.2) is 82.8 Å². The number of amides is 1. The zero-order chi connectivity index (χ0) is 25.4. The second-order valence-corrected chi connectivity index (χ2v) is 9.99. The van der Waals surface area contributed by atoms with Crippen LogP contribution >= 0.6 is 11.6 Å². The number of nitrogens with one attached hydrogen (secondary N) is 1. The van der Waals surface area contributed by atoms with Crippen LogP contribution in [0.5, 0.6) is 11.5 Å². The van der Waals surface area contributed by atoms with Crippen molar-refractivity contribution >= 4 is 39.4 Å². The summed E-state index contributed by atoms with van der Waals surface area (Å²) in [7, 11) is -2.60. The van der Waals surface area contributed by atoms with Gasteiger partial charge in [0.05, 0.1) is 30.0 Å². The van der Waals surface area contributed by atoms with Crippen molar-refractivity contribution in [1.29, 1.82) is 0 Å². The Bertz CT molecular complexity index is 1280. The number of carbonyl (C=O) groups is 1. The summed E-state index contributed by atoms with van der Waals surface area (Å²) in [6.45, 7) is 3.37. The van der Waals surface area contributed by atoms with Crippen LogP contribution in [0.25, 0.3) is 0 Å². The largest absolute Gasteiger partial charge is 0.497 e. The van der Waals surface area contributed by atoms with Crippen LogP contribution in [-0.4, -0.2) is 40.3 Å². The van der Waals surface area contributed by atoms with E-state index < -0.39 is 22.5 Å². The van der Waals surface area contributed by atoms with Crippen molar-refractivity contribution < 1.29 is 22.7 Å². The van der Waals surface area contributed by atoms with Gasteiger partial charge >= 0.3 is 0 Å². The number of nitrogens with zero attached hydrogens (tertiary/aromatic N) is 2. The van der Waals surface area contributed by atoms with Crippen molar-refractivity contribution in [3.05, 3.63) is 83.4 Å². The molecule has 8 nitrogen and oxygen atoms in total. The van der Waals surface area contributed by atoms with Crippen molar-refractivity contribution in [1.82, 2.24) is 5.43 Å². The van der Waals surface area contributed by atoms with E-state index in [0.29, 0.717) is 10.8 Å². The SMILES string of the molecule is COc1ccc(S(=O)(=O)N(CC(=O)N/N=C\c2ccc(OC(C)C)cc2)c2cccc(Cl)c2)cc1. The van der Waals surface area contributed by atoms with Gasteiger partial charge < -0.3 is 9.47 Å². The Morgan fingerprint density at radius 2 is 1.71 bits per heavy atom. The maximum atomic E-state index is 13.4. The average Bonchev–Trinajstić information content (AvgIpc) is 2.83. The molecular formula is C25H26ClN3O5S. The fraction of sp³-hybridized carbons (Fsp3) is 0.200. The number of anilines is 1. The smallest absolute Gasteiger partial charge is 0.264 e. The van der Waals surface area contributed by atoms with Crippen molar-refractivity contribution in [3.8, 4) is 11.5 Å². The number of hydrogen-bond donors (Lipinski definition) is 1. The zero-order valence-corrected chi connectivity index (χ0v) is 21.1. The molecule has 0 spiro atoms. The number of sulfonamides is 1. The van der Waals surface area contributed by atoms with Crippen LogP contribution < -0.4 is 19.2 Å². The third kappa shape index (κ3) is 7.21. The van der Waals surface area contributed by atoms with E-state index in [9.17, 15) is 13.2 Å². The van der Waals surface area contributed by atoms with Gasteiger partial charge in [-0.05, 0) is 86.1 Å². The van der Waals surface area contributed by atoms with Gasteiger partial charge in [0.15, 0.2) is 0 Å². The van der Waals surface area contributed by atoms with Gasteiger partial charge in [-0.25, -0.2) is 13.8 Å². The van der Waals surface area contributed by atoms with Gasteiger partial charge in [-0.3, -0.25) is 9.10 Å². The molecule has 0 aliphatic rings. The lowest BCUT2D eigenvalue weighted by Gasteiger charge is -2.24. The van der Waals surface area contributed by atoms with E-state index in [0.717, 1.165) is 15.6 Å². The summed E-state index contributed by atoms with van der Waals surface area (Å²) in [4.78, 5) is 12.7. The quantitative estimate of drug-likeness (QED) is 0.317. The first-order valence-electron chi connectivity index (χ1n) is 10.7. The van der Waals surface area contributed by atoms with Gasteiger partial charge in [-0.2, -0.15) is 5.10 Å². The molecule has 35 heavy (non-hydrogen) atoms. The van der Waals surface area contributed by atoms with Crippen molar-refractivity contribution in [2.75, 3.05) is 18.0 Å². The lowest BCUT2D eigenvalue weighted by Crippen LogP contribution is -2.39. The van der Waals surface area contributed by atoms with Crippen LogP contribution in [-0.2, 0) is 14.8 Å². The number of benzene rings is 3. The van der Waals surface area contributed by atoms with E-state index in [4.69, 9.17) is 21.1 Å². The molecule has 0 aliphatic carbocycles. The summed E-state index contributed by atoms with van der Waals surface area (Å²) in [5.74, 6) is 0.606. The molecule has 0 unspecified atom stereocenters. The number of carbonyl (C=O) groups excluding carboxylic acids is 1. The molecule has 184 valence electrons. The second kappa shape index (κ2) is 11.7. The topological polar surface area (TPSA) is 97.3 Å². The number of hydrazone groups is 1. The highest BCUT2D eigenvalue weighted by Gasteiger charge is 2.27. The standard InChI is InChI=1S/C25H26ClN3O5S/c1-18(2)34-23-9-7-19(8-10-23)16-27-28-25(30)17-29(21-6-4-5-20(26)15-21)35(31,32)24-13-11-22(33-3)12-14-24/h4-16,18H,17H2,1-3H3,(H,28,30)/b27-16-. The molecule has 0 bridgehead atoms. The molecule has 0 heterocycles. The first-order chi connectivity index (χ1) is 16.7. The third-order valence-electron chi connectivity index (χ3n) is 4.69. The van der Waals surface area contributed by atoms with Crippen molar-refractivity contribution in [2.24, 2.45) is 5.10 Å². The highest BCUT2D eigenvalue weighted by Crippen LogP contribution is 2.27. The molecule has 10 heteroatoms. The average molecular weight is 516 g/mol. The number of ether oxygens (including phenoxy) is 2. The molecule has 3 rings (SSSR count). The fourth-order valence-electron chi connectivity index (χ4n) is 3.07. The van der Waals surface area contributed by atoms with E-state index in [1.807, 2.05) is 13.8 Å². The number of methoxy groups -OCH3 is 1. The van der Waals surface area contributed by atoms with E-state index in [2.05, 4.69) is 10.5 Å². The maximum Gasteiger partial charge on any atom is 0.264 e. The van der Waals surface area contributed by atoms with Gasteiger partial charge in [-0.1, -0.05) is 17.7 Å². The normalized spacial score (nSPS) is 11.5. The number of halogens is 1. The summed E-state index contributed by atoms with van der Waals surface area (Å²) in [6.07, 6.45) is 1.52. The predicted octanol–water partition coefficient (Wildman–Crippen LogP) is 4.48. The molecule has 1 amide bonds. The summed E-state index contributed by atoms with van der Waals surface area (Å²) in [5, 5.41) is 4.28. The highest BCUT2D eigenvalue weighted by molar-refractivity contribution is 7.92. The summed E-state index contributed by atoms with van der Waals surface area (Å²) in [5.41, 5.74) is 3.35. The second-order valence-electron chi connectivity index (χ2n) is 7.70. The van der Waals surface area contributed by atoms with Crippen LogP contribution in [0.1, 0.15) is 19.4 Å². The first-order valence-corrected chi connectivity index (χ1v) is 12.5. The maximum absolute atomic E-state index is 13.4. The molecular weight excluding hydrogens is 490 g/mol. The molecule has 0 fully saturated rings. The Labute approximate surface area is 210 Å². The molecule has 3 aromatic rings. The summed E-state index contributed by atoms with van der Waals surface area (Å²) in [6, 6.07) is 19.3. The van der Waals surface area contributed by atoms with Gasteiger partial charge in [0.25, 0.3) is 15.9 Å². The molecule has 1 N–H and O–H groups in total. The molecule has 3 aromatic carbocycles. The Morgan fingerprint density at radius 1 is 1.06 bits per heavy atom. The van der Waals surface area contributed by atoms with Crippen LogP contribution in [0.4, 0.5) is 5.69 Å². The van der Waals surface area contributed by atoms with Crippen LogP contribution in [0, 0.1) is 0 Å². The minimum atomic E-state index is -4.09. The predicted molar refractivity (Wildman–Crippen MR) is 137 cm³/mol.